The molecule has 160 valence electrons. The molecule has 6 heteroatoms. The van der Waals surface area contributed by atoms with Gasteiger partial charge in [-0.2, -0.15) is 0 Å². The highest BCUT2D eigenvalue weighted by Crippen LogP contribution is 2.37. The molecule has 1 unspecified atom stereocenters. The lowest BCUT2D eigenvalue weighted by atomic mass is 9.72. The molecule has 3 N–H and O–H groups in total. The van der Waals surface area contributed by atoms with Crippen molar-refractivity contribution in [3.8, 4) is 0 Å². The number of aliphatic hydroxyl groups is 1. The molecule has 0 aliphatic heterocycles. The number of methoxy groups -OCH3 is 1. The number of ether oxygens (including phenoxy) is 1. The van der Waals surface area contributed by atoms with E-state index in [1.165, 1.54) is 0 Å². The molecule has 1 aliphatic rings. The first-order valence-corrected chi connectivity index (χ1v) is 10.4. The summed E-state index contributed by atoms with van der Waals surface area (Å²) in [5, 5.41) is 15.9. The maximum absolute atomic E-state index is 13.2. The van der Waals surface area contributed by atoms with E-state index >= 15 is 0 Å². The minimum atomic E-state index is -0.878. The van der Waals surface area contributed by atoms with Crippen LogP contribution in [0.15, 0.2) is 60.7 Å². The topological polar surface area (TPSA) is 87.7 Å². The van der Waals surface area contributed by atoms with Crippen molar-refractivity contribution >= 4 is 17.5 Å². The van der Waals surface area contributed by atoms with Gasteiger partial charge in [0.1, 0.15) is 6.04 Å². The van der Waals surface area contributed by atoms with Crippen LogP contribution < -0.4 is 10.6 Å². The van der Waals surface area contributed by atoms with Crippen LogP contribution in [0.2, 0.25) is 0 Å². The SMILES string of the molecule is COC1CCC(CO)(C(=O)NC(Cc2ccccc2)C(=O)Nc2ccccc2)CC1. The highest BCUT2D eigenvalue weighted by molar-refractivity contribution is 5.98. The standard InChI is InChI=1S/C24H30N2O4/c1-30-20-12-14-24(17-27,15-13-20)23(29)26-21(16-18-8-4-2-5-9-18)22(28)25-19-10-6-3-7-11-19/h2-11,20-21,27H,12-17H2,1H3,(H,25,28)(H,26,29). The lowest BCUT2D eigenvalue weighted by molar-refractivity contribution is -0.140. The molecular weight excluding hydrogens is 380 g/mol. The first-order valence-electron chi connectivity index (χ1n) is 10.4. The van der Waals surface area contributed by atoms with Gasteiger partial charge in [-0.25, -0.2) is 0 Å². The zero-order chi connectivity index (χ0) is 21.4. The van der Waals surface area contributed by atoms with Gasteiger partial charge in [0.25, 0.3) is 0 Å². The Morgan fingerprint density at radius 3 is 2.23 bits per heavy atom. The maximum Gasteiger partial charge on any atom is 0.247 e. The predicted molar refractivity (Wildman–Crippen MR) is 116 cm³/mol. The van der Waals surface area contributed by atoms with Gasteiger partial charge in [0.05, 0.1) is 18.1 Å². The molecule has 3 rings (SSSR count). The fourth-order valence-corrected chi connectivity index (χ4v) is 3.96. The van der Waals surface area contributed by atoms with Crippen LogP contribution in [0.4, 0.5) is 5.69 Å². The Bertz CT molecular complexity index is 818. The Balaban J connectivity index is 1.75. The molecule has 1 atom stereocenters. The Kier molecular flexibility index (Phi) is 7.60. The molecule has 2 aromatic rings. The highest BCUT2D eigenvalue weighted by atomic mass is 16.5. The van der Waals surface area contributed by atoms with E-state index in [1.807, 2.05) is 48.5 Å². The number of carbonyl (C=O) groups is 2. The Morgan fingerprint density at radius 1 is 1.07 bits per heavy atom. The lowest BCUT2D eigenvalue weighted by Gasteiger charge is -2.38. The number of hydrogen-bond donors (Lipinski definition) is 3. The molecule has 6 nitrogen and oxygen atoms in total. The second-order valence-electron chi connectivity index (χ2n) is 7.94. The van der Waals surface area contributed by atoms with Crippen molar-refractivity contribution in [2.75, 3.05) is 19.0 Å². The van der Waals surface area contributed by atoms with Crippen molar-refractivity contribution < 1.29 is 19.4 Å². The number of benzene rings is 2. The molecule has 1 aliphatic carbocycles. The van der Waals surface area contributed by atoms with Crippen LogP contribution in [0.1, 0.15) is 31.2 Å². The first-order chi connectivity index (χ1) is 14.6. The van der Waals surface area contributed by atoms with Crippen LogP contribution in [0.5, 0.6) is 0 Å². The van der Waals surface area contributed by atoms with Gasteiger partial charge in [-0.15, -0.1) is 0 Å². The summed E-state index contributed by atoms with van der Waals surface area (Å²) in [7, 11) is 1.67. The number of amides is 2. The third-order valence-corrected chi connectivity index (χ3v) is 5.95. The van der Waals surface area contributed by atoms with Crippen molar-refractivity contribution in [1.82, 2.24) is 5.32 Å². The van der Waals surface area contributed by atoms with Gasteiger partial charge in [0, 0.05) is 19.2 Å². The Labute approximate surface area is 177 Å². The average Bonchev–Trinajstić information content (AvgIpc) is 2.80. The van der Waals surface area contributed by atoms with Gasteiger partial charge in [0.15, 0.2) is 0 Å². The Hall–Kier alpha value is -2.70. The summed E-state index contributed by atoms with van der Waals surface area (Å²) in [5.41, 5.74) is 0.746. The monoisotopic (exact) mass is 410 g/mol. The molecule has 1 fully saturated rings. The summed E-state index contributed by atoms with van der Waals surface area (Å²) in [5.74, 6) is -0.555. The van der Waals surface area contributed by atoms with Gasteiger partial charge in [-0.05, 0) is 43.4 Å². The normalized spacial score (nSPS) is 22.1. The number of nitrogens with one attached hydrogen (secondary N) is 2. The largest absolute Gasteiger partial charge is 0.395 e. The van der Waals surface area contributed by atoms with Gasteiger partial charge in [-0.3, -0.25) is 9.59 Å². The smallest absolute Gasteiger partial charge is 0.247 e. The quantitative estimate of drug-likeness (QED) is 0.624. The molecule has 0 bridgehead atoms. The molecule has 0 radical (unpaired) electrons. The second-order valence-corrected chi connectivity index (χ2v) is 7.94. The second kappa shape index (κ2) is 10.4. The number of aliphatic hydroxyl groups excluding tert-OH is 1. The summed E-state index contributed by atoms with van der Waals surface area (Å²) in [6.45, 7) is -0.242. The van der Waals surface area contributed by atoms with Crippen LogP contribution in [-0.4, -0.2) is 42.8 Å². The van der Waals surface area contributed by atoms with E-state index in [0.717, 1.165) is 5.56 Å². The zero-order valence-electron chi connectivity index (χ0n) is 17.3. The number of rotatable bonds is 8. The third kappa shape index (κ3) is 5.46. The molecule has 2 aromatic carbocycles. The van der Waals surface area contributed by atoms with Crippen molar-refractivity contribution in [2.45, 2.75) is 44.2 Å². The van der Waals surface area contributed by atoms with Crippen LogP contribution in [0.25, 0.3) is 0 Å². The Morgan fingerprint density at radius 2 is 1.67 bits per heavy atom. The van der Waals surface area contributed by atoms with E-state index in [2.05, 4.69) is 10.6 Å². The van der Waals surface area contributed by atoms with E-state index in [-0.39, 0.29) is 24.5 Å². The molecule has 0 spiro atoms. The van der Waals surface area contributed by atoms with E-state index in [9.17, 15) is 14.7 Å². The van der Waals surface area contributed by atoms with E-state index in [1.54, 1.807) is 19.2 Å². The summed E-state index contributed by atoms with van der Waals surface area (Å²) in [6, 6.07) is 18.0. The van der Waals surface area contributed by atoms with Crippen molar-refractivity contribution in [3.05, 3.63) is 66.2 Å². The molecule has 1 saturated carbocycles. The van der Waals surface area contributed by atoms with Gasteiger partial charge in [0.2, 0.25) is 11.8 Å². The number of hydrogen-bond acceptors (Lipinski definition) is 4. The van der Waals surface area contributed by atoms with Gasteiger partial charge in [-0.1, -0.05) is 48.5 Å². The maximum atomic E-state index is 13.2. The molecule has 0 heterocycles. The molecular formula is C24H30N2O4. The van der Waals surface area contributed by atoms with E-state index in [4.69, 9.17) is 4.74 Å². The van der Waals surface area contributed by atoms with Gasteiger partial charge < -0.3 is 20.5 Å². The van der Waals surface area contributed by atoms with Crippen molar-refractivity contribution in [3.63, 3.8) is 0 Å². The van der Waals surface area contributed by atoms with Gasteiger partial charge >= 0.3 is 0 Å². The van der Waals surface area contributed by atoms with Crippen LogP contribution >= 0.6 is 0 Å². The number of carbonyl (C=O) groups excluding carboxylic acids is 2. The molecule has 0 aromatic heterocycles. The van der Waals surface area contributed by atoms with E-state index < -0.39 is 11.5 Å². The van der Waals surface area contributed by atoms with Crippen LogP contribution in [0, 0.1) is 5.41 Å². The first kappa shape index (κ1) is 22.0. The molecule has 0 saturated heterocycles. The molecule has 30 heavy (non-hydrogen) atoms. The minimum absolute atomic E-state index is 0.110. The summed E-state index contributed by atoms with van der Waals surface area (Å²) >= 11 is 0. The summed E-state index contributed by atoms with van der Waals surface area (Å²) in [6.07, 6.45) is 2.97. The zero-order valence-corrected chi connectivity index (χ0v) is 17.3. The predicted octanol–water partition coefficient (Wildman–Crippen LogP) is 2.92. The number of anilines is 1. The fraction of sp³-hybridized carbons (Fsp3) is 0.417. The minimum Gasteiger partial charge on any atom is -0.395 e. The van der Waals surface area contributed by atoms with Crippen LogP contribution in [-0.2, 0) is 20.7 Å². The van der Waals surface area contributed by atoms with Crippen molar-refractivity contribution in [1.29, 1.82) is 0 Å². The van der Waals surface area contributed by atoms with E-state index in [0.29, 0.717) is 37.8 Å². The number of para-hydroxylation sites is 1. The third-order valence-electron chi connectivity index (χ3n) is 5.95. The summed E-state index contributed by atoms with van der Waals surface area (Å²) in [4.78, 5) is 26.2. The highest BCUT2D eigenvalue weighted by Gasteiger charge is 2.42. The average molecular weight is 411 g/mol. The molecule has 2 amide bonds. The lowest BCUT2D eigenvalue weighted by Crippen LogP contribution is -2.53. The van der Waals surface area contributed by atoms with Crippen molar-refractivity contribution in [2.24, 2.45) is 5.41 Å². The fourth-order valence-electron chi connectivity index (χ4n) is 3.96. The summed E-state index contributed by atoms with van der Waals surface area (Å²) < 4.78 is 5.40. The van der Waals surface area contributed by atoms with Crippen LogP contribution in [0.3, 0.4) is 0 Å².